The van der Waals surface area contributed by atoms with Crippen LogP contribution in [0, 0.1) is 11.8 Å². The Kier molecular flexibility index (Phi) is 8.99. The molecule has 3 heterocycles. The first-order valence-electron chi connectivity index (χ1n) is 9.45. The summed E-state index contributed by atoms with van der Waals surface area (Å²) in [6.45, 7) is 9.27. The summed E-state index contributed by atoms with van der Waals surface area (Å²) in [5.41, 5.74) is 0. The molecular formula is C19H33IN4S. The first-order valence-corrected chi connectivity index (χ1v) is 10.3. The Morgan fingerprint density at radius 2 is 2.12 bits per heavy atom. The van der Waals surface area contributed by atoms with Crippen LogP contribution in [0.1, 0.15) is 37.5 Å². The van der Waals surface area contributed by atoms with E-state index in [0.717, 1.165) is 44.0 Å². The van der Waals surface area contributed by atoms with Crippen molar-refractivity contribution >= 4 is 41.3 Å². The maximum absolute atomic E-state index is 4.53. The molecule has 0 bridgehead atoms. The minimum atomic E-state index is 0. The first kappa shape index (κ1) is 21.0. The van der Waals surface area contributed by atoms with E-state index in [9.17, 15) is 0 Å². The van der Waals surface area contributed by atoms with Crippen LogP contribution in [0.2, 0.25) is 0 Å². The fourth-order valence-electron chi connectivity index (χ4n) is 4.03. The van der Waals surface area contributed by atoms with Gasteiger partial charge in [0.25, 0.3) is 0 Å². The van der Waals surface area contributed by atoms with Crippen molar-refractivity contribution in [3.05, 3.63) is 22.4 Å². The molecule has 2 atom stereocenters. The van der Waals surface area contributed by atoms with E-state index in [1.54, 1.807) is 0 Å². The Morgan fingerprint density at radius 1 is 1.28 bits per heavy atom. The number of guanidine groups is 1. The van der Waals surface area contributed by atoms with Crippen LogP contribution in [0.5, 0.6) is 0 Å². The topological polar surface area (TPSA) is 30.9 Å². The van der Waals surface area contributed by atoms with Crippen LogP contribution in [0.25, 0.3) is 0 Å². The van der Waals surface area contributed by atoms with Gasteiger partial charge in [0.15, 0.2) is 5.96 Å². The van der Waals surface area contributed by atoms with Crippen LogP contribution >= 0.6 is 35.3 Å². The van der Waals surface area contributed by atoms with Crippen LogP contribution in [-0.2, 0) is 6.54 Å². The molecule has 142 valence electrons. The summed E-state index contributed by atoms with van der Waals surface area (Å²) < 4.78 is 0. The van der Waals surface area contributed by atoms with Crippen molar-refractivity contribution < 1.29 is 0 Å². The van der Waals surface area contributed by atoms with Crippen LogP contribution in [0.4, 0.5) is 0 Å². The lowest BCUT2D eigenvalue weighted by molar-refractivity contribution is 0.168. The molecule has 1 N–H and O–H groups in total. The van der Waals surface area contributed by atoms with Crippen LogP contribution in [0.3, 0.4) is 0 Å². The molecule has 25 heavy (non-hydrogen) atoms. The zero-order chi connectivity index (χ0) is 16.8. The summed E-state index contributed by atoms with van der Waals surface area (Å²) in [5.74, 6) is 2.63. The van der Waals surface area contributed by atoms with E-state index in [2.05, 4.69) is 44.5 Å². The lowest BCUT2D eigenvalue weighted by atomic mass is 9.98. The molecule has 0 aromatic carbocycles. The van der Waals surface area contributed by atoms with Gasteiger partial charge in [0.1, 0.15) is 0 Å². The molecule has 1 aromatic heterocycles. The van der Waals surface area contributed by atoms with Gasteiger partial charge >= 0.3 is 0 Å². The Morgan fingerprint density at radius 3 is 2.84 bits per heavy atom. The van der Waals surface area contributed by atoms with Gasteiger partial charge in [0.2, 0.25) is 0 Å². The van der Waals surface area contributed by atoms with E-state index >= 15 is 0 Å². The number of halogens is 1. The van der Waals surface area contributed by atoms with Crippen molar-refractivity contribution in [3.63, 3.8) is 0 Å². The van der Waals surface area contributed by atoms with Gasteiger partial charge in [-0.1, -0.05) is 13.0 Å². The van der Waals surface area contributed by atoms with Crippen molar-refractivity contribution in [2.75, 3.05) is 39.8 Å². The Bertz CT molecular complexity index is 520. The van der Waals surface area contributed by atoms with E-state index in [-0.39, 0.29) is 24.0 Å². The van der Waals surface area contributed by atoms with Gasteiger partial charge in [-0.25, -0.2) is 0 Å². The average Bonchev–Trinajstić information content (AvgIpc) is 3.09. The third-order valence-electron chi connectivity index (χ3n) is 5.28. The predicted octanol–water partition coefficient (Wildman–Crippen LogP) is 3.89. The molecular weight excluding hydrogens is 443 g/mol. The molecule has 0 saturated carbocycles. The Labute approximate surface area is 174 Å². The molecule has 0 aliphatic carbocycles. The molecule has 3 rings (SSSR count). The van der Waals surface area contributed by atoms with E-state index in [0.29, 0.717) is 0 Å². The largest absolute Gasteiger partial charge is 0.356 e. The maximum atomic E-state index is 4.53. The smallest absolute Gasteiger partial charge is 0.193 e. The molecule has 0 radical (unpaired) electrons. The van der Waals surface area contributed by atoms with Gasteiger partial charge < -0.3 is 10.2 Å². The third kappa shape index (κ3) is 6.40. The van der Waals surface area contributed by atoms with E-state index in [1.807, 2.05) is 18.4 Å². The van der Waals surface area contributed by atoms with Gasteiger partial charge in [-0.2, -0.15) is 0 Å². The van der Waals surface area contributed by atoms with E-state index < -0.39 is 0 Å². The number of nitrogens with one attached hydrogen (secondary N) is 1. The lowest BCUT2D eigenvalue weighted by Gasteiger charge is -2.36. The number of nitrogens with zero attached hydrogens (tertiary/aromatic N) is 3. The minimum absolute atomic E-state index is 0. The zero-order valence-corrected chi connectivity index (χ0v) is 18.8. The first-order chi connectivity index (χ1) is 11.7. The third-order valence-corrected chi connectivity index (χ3v) is 6.14. The molecule has 0 amide bonds. The number of rotatable bonds is 4. The number of hydrogen-bond acceptors (Lipinski definition) is 3. The monoisotopic (exact) mass is 476 g/mol. The second-order valence-electron chi connectivity index (χ2n) is 7.44. The summed E-state index contributed by atoms with van der Waals surface area (Å²) in [7, 11) is 1.92. The van der Waals surface area contributed by atoms with E-state index in [1.165, 1.54) is 43.6 Å². The van der Waals surface area contributed by atoms with Crippen molar-refractivity contribution in [1.29, 1.82) is 0 Å². The highest BCUT2D eigenvalue weighted by Gasteiger charge is 2.23. The quantitative estimate of drug-likeness (QED) is 0.407. The van der Waals surface area contributed by atoms with Gasteiger partial charge in [0.05, 0.1) is 0 Å². The molecule has 2 unspecified atom stereocenters. The fourth-order valence-corrected chi connectivity index (χ4v) is 4.78. The summed E-state index contributed by atoms with van der Waals surface area (Å²) in [6, 6.07) is 4.42. The summed E-state index contributed by atoms with van der Waals surface area (Å²) in [4.78, 5) is 11.1. The van der Waals surface area contributed by atoms with Gasteiger partial charge in [-0.05, 0) is 55.5 Å². The van der Waals surface area contributed by atoms with Crippen LogP contribution in [-0.4, -0.2) is 55.5 Å². The molecule has 4 nitrogen and oxygen atoms in total. The lowest BCUT2D eigenvalue weighted by Crippen LogP contribution is -2.48. The van der Waals surface area contributed by atoms with Crippen molar-refractivity contribution in [2.45, 2.75) is 39.2 Å². The van der Waals surface area contributed by atoms with Crippen LogP contribution < -0.4 is 5.32 Å². The van der Waals surface area contributed by atoms with Crippen molar-refractivity contribution in [2.24, 2.45) is 16.8 Å². The minimum Gasteiger partial charge on any atom is -0.356 e. The van der Waals surface area contributed by atoms with Crippen molar-refractivity contribution in [3.8, 4) is 0 Å². The van der Waals surface area contributed by atoms with Crippen LogP contribution in [0.15, 0.2) is 22.5 Å². The molecule has 0 spiro atoms. The second-order valence-corrected chi connectivity index (χ2v) is 8.48. The second kappa shape index (κ2) is 10.7. The number of hydrogen-bond donors (Lipinski definition) is 1. The average molecular weight is 476 g/mol. The highest BCUT2D eigenvalue weighted by atomic mass is 127. The van der Waals surface area contributed by atoms with Gasteiger partial charge in [0, 0.05) is 44.6 Å². The standard InChI is InChI=1S/C19H32N4S.HI/c1-16-6-3-10-23(13-16)19(20-2)21-12-17-7-4-9-22(14-17)15-18-8-5-11-24-18;/h5,8,11,16-17H,3-4,6-7,9-10,12-15H2,1-2H3,(H,20,21);1H. The van der Waals surface area contributed by atoms with Gasteiger partial charge in [-0.3, -0.25) is 9.89 Å². The highest BCUT2D eigenvalue weighted by molar-refractivity contribution is 14.0. The summed E-state index contributed by atoms with van der Waals surface area (Å²) in [5, 5.41) is 5.84. The summed E-state index contributed by atoms with van der Waals surface area (Å²) in [6.07, 6.45) is 5.30. The Balaban J connectivity index is 0.00000225. The molecule has 2 saturated heterocycles. The van der Waals surface area contributed by atoms with E-state index in [4.69, 9.17) is 0 Å². The number of likely N-dealkylation sites (tertiary alicyclic amines) is 2. The zero-order valence-electron chi connectivity index (χ0n) is 15.6. The maximum Gasteiger partial charge on any atom is 0.193 e. The predicted molar refractivity (Wildman–Crippen MR) is 119 cm³/mol. The molecule has 2 aliphatic rings. The number of piperidine rings is 2. The van der Waals surface area contributed by atoms with Crippen molar-refractivity contribution in [1.82, 2.24) is 15.1 Å². The normalized spacial score (nSPS) is 25.5. The Hall–Kier alpha value is -0.340. The fraction of sp³-hybridized carbons (Fsp3) is 0.737. The SMILES string of the molecule is CN=C(NCC1CCCN(Cc2cccs2)C1)N1CCCC(C)C1.I. The highest BCUT2D eigenvalue weighted by Crippen LogP contribution is 2.20. The molecule has 1 aromatic rings. The molecule has 2 fully saturated rings. The summed E-state index contributed by atoms with van der Waals surface area (Å²) >= 11 is 1.88. The number of aliphatic imine (C=N–C) groups is 1. The number of thiophene rings is 1. The molecule has 2 aliphatic heterocycles. The van der Waals surface area contributed by atoms with Gasteiger partial charge in [-0.15, -0.1) is 35.3 Å². The molecule has 6 heteroatoms.